The van der Waals surface area contributed by atoms with Crippen LogP contribution < -0.4 is 29.6 Å². The Balaban J connectivity index is 0. The van der Waals surface area contributed by atoms with Crippen molar-refractivity contribution in [3.8, 4) is 0 Å². The molecule has 5 heteroatoms. The first-order valence-electron chi connectivity index (χ1n) is 9.18. The van der Waals surface area contributed by atoms with E-state index in [0.29, 0.717) is 6.42 Å². The molecule has 0 bridgehead atoms. The van der Waals surface area contributed by atoms with E-state index in [1.165, 1.54) is 83.1 Å². The number of allylic oxidation sites excluding steroid dienone is 1. The van der Waals surface area contributed by atoms with Crippen LogP contribution in [0.1, 0.15) is 103 Å². The average Bonchev–Trinajstić information content (AvgIpc) is 2.45. The minimum atomic E-state index is -4.17. The van der Waals surface area contributed by atoms with Gasteiger partial charge in [0.15, 0.2) is 0 Å². The smallest absolute Gasteiger partial charge is 0.744 e. The second-order valence-corrected chi connectivity index (χ2v) is 7.51. The van der Waals surface area contributed by atoms with Crippen molar-refractivity contribution in [2.24, 2.45) is 0 Å². The normalized spacial score (nSPS) is 11.7. The molecule has 0 amide bonds. The van der Waals surface area contributed by atoms with E-state index >= 15 is 0 Å². The maximum absolute atomic E-state index is 10.3. The molecule has 132 valence electrons. The first kappa shape index (κ1) is 25.9. The Morgan fingerprint density at radius 3 is 1.39 bits per heavy atom. The van der Waals surface area contributed by atoms with Gasteiger partial charge in [-0.1, -0.05) is 96.5 Å². The molecular weight excluding hydrogens is 319 g/mol. The summed E-state index contributed by atoms with van der Waals surface area (Å²) in [5.41, 5.74) is 0. The largest absolute Gasteiger partial charge is 1.00 e. The predicted octanol–water partition coefficient (Wildman–Crippen LogP) is 2.92. The fourth-order valence-corrected chi connectivity index (χ4v) is 3.01. The van der Waals surface area contributed by atoms with E-state index in [2.05, 4.69) is 6.92 Å². The molecule has 0 aliphatic carbocycles. The molecule has 0 aliphatic heterocycles. The van der Waals surface area contributed by atoms with Crippen molar-refractivity contribution in [1.82, 2.24) is 0 Å². The summed E-state index contributed by atoms with van der Waals surface area (Å²) in [5.74, 6) is 0. The molecule has 23 heavy (non-hydrogen) atoms. The second-order valence-electron chi connectivity index (χ2n) is 6.25. The SMILES string of the molecule is CCCCCCCCCCCCCCCC/C=C\S(=O)(=O)[O-].[Na+]. The molecule has 0 radical (unpaired) electrons. The molecule has 0 fully saturated rings. The first-order chi connectivity index (χ1) is 10.6. The van der Waals surface area contributed by atoms with Crippen molar-refractivity contribution in [3.05, 3.63) is 11.5 Å². The Morgan fingerprint density at radius 2 is 1.04 bits per heavy atom. The van der Waals surface area contributed by atoms with Crippen LogP contribution in [0.2, 0.25) is 0 Å². The summed E-state index contributed by atoms with van der Waals surface area (Å²) < 4.78 is 31.0. The van der Waals surface area contributed by atoms with Crippen LogP contribution in [-0.4, -0.2) is 13.0 Å². The fraction of sp³-hybridized carbons (Fsp3) is 0.889. The molecule has 0 heterocycles. The summed E-state index contributed by atoms with van der Waals surface area (Å²) in [6, 6.07) is 0. The van der Waals surface area contributed by atoms with Gasteiger partial charge in [0.05, 0.1) is 0 Å². The Hall–Kier alpha value is 0.650. The average molecular weight is 355 g/mol. The minimum Gasteiger partial charge on any atom is -0.744 e. The first-order valence-corrected chi connectivity index (χ1v) is 10.7. The zero-order chi connectivity index (χ0) is 16.5. The quantitative estimate of drug-likeness (QED) is 0.243. The van der Waals surface area contributed by atoms with E-state index in [1.807, 2.05) is 0 Å². The van der Waals surface area contributed by atoms with Crippen LogP contribution in [0.15, 0.2) is 11.5 Å². The van der Waals surface area contributed by atoms with Crippen molar-refractivity contribution in [2.45, 2.75) is 103 Å². The molecule has 0 saturated carbocycles. The van der Waals surface area contributed by atoms with Crippen LogP contribution in [0.4, 0.5) is 0 Å². The molecule has 0 aromatic rings. The van der Waals surface area contributed by atoms with Gasteiger partial charge in [-0.05, 0) is 12.8 Å². The number of hydrogen-bond acceptors (Lipinski definition) is 3. The third-order valence-corrected chi connectivity index (χ3v) is 4.51. The van der Waals surface area contributed by atoms with Gasteiger partial charge in [0.25, 0.3) is 0 Å². The third kappa shape index (κ3) is 25.0. The molecular formula is C18H35NaO3S. The second kappa shape index (κ2) is 19.0. The van der Waals surface area contributed by atoms with Gasteiger partial charge in [-0.3, -0.25) is 0 Å². The fourth-order valence-electron chi connectivity index (χ4n) is 2.64. The van der Waals surface area contributed by atoms with Crippen LogP contribution >= 0.6 is 0 Å². The van der Waals surface area contributed by atoms with Gasteiger partial charge < -0.3 is 4.55 Å². The summed E-state index contributed by atoms with van der Waals surface area (Å²) in [4.78, 5) is 0. The summed E-state index contributed by atoms with van der Waals surface area (Å²) in [6.45, 7) is 2.26. The van der Waals surface area contributed by atoms with Crippen LogP contribution in [0.5, 0.6) is 0 Å². The molecule has 0 atom stereocenters. The van der Waals surface area contributed by atoms with Gasteiger partial charge in [0, 0.05) is 5.41 Å². The maximum Gasteiger partial charge on any atom is 1.00 e. The zero-order valence-corrected chi connectivity index (χ0v) is 18.2. The molecule has 0 rings (SSSR count). The minimum absolute atomic E-state index is 0. The van der Waals surface area contributed by atoms with Gasteiger partial charge in [0.1, 0.15) is 10.1 Å². The molecule has 0 aliphatic rings. The van der Waals surface area contributed by atoms with E-state index in [-0.39, 0.29) is 29.6 Å². The number of hydrogen-bond donors (Lipinski definition) is 0. The Bertz CT molecular complexity index is 353. The molecule has 0 unspecified atom stereocenters. The van der Waals surface area contributed by atoms with Gasteiger partial charge >= 0.3 is 29.6 Å². The Kier molecular flexibility index (Phi) is 21.4. The van der Waals surface area contributed by atoms with Crippen LogP contribution in [0.3, 0.4) is 0 Å². The van der Waals surface area contributed by atoms with Crippen molar-refractivity contribution >= 4 is 10.1 Å². The van der Waals surface area contributed by atoms with Crippen molar-refractivity contribution in [1.29, 1.82) is 0 Å². The molecule has 0 spiro atoms. The van der Waals surface area contributed by atoms with Crippen LogP contribution in [-0.2, 0) is 10.1 Å². The van der Waals surface area contributed by atoms with Gasteiger partial charge in [-0.25, -0.2) is 8.42 Å². The molecule has 0 aromatic heterocycles. The third-order valence-electron chi connectivity index (χ3n) is 3.99. The Morgan fingerprint density at radius 1 is 0.696 bits per heavy atom. The standard InChI is InChI=1S/C18H36O3S.Na/c1-2-3-4-5-6-7-8-9-10-11-12-13-14-15-16-17-18-22(19,20)21;/h17-18H,2-16H2,1H3,(H,19,20,21);/q;+1/p-1/b18-17-;. The van der Waals surface area contributed by atoms with Gasteiger partial charge in [-0.15, -0.1) is 0 Å². The topological polar surface area (TPSA) is 57.2 Å². The Labute approximate surface area is 166 Å². The van der Waals surface area contributed by atoms with Crippen LogP contribution in [0.25, 0.3) is 0 Å². The van der Waals surface area contributed by atoms with Crippen molar-refractivity contribution in [3.63, 3.8) is 0 Å². The van der Waals surface area contributed by atoms with Crippen molar-refractivity contribution < 1.29 is 42.5 Å². The number of unbranched alkanes of at least 4 members (excludes halogenated alkanes) is 14. The summed E-state index contributed by atoms with van der Waals surface area (Å²) in [5, 5.41) is 0.773. The molecule has 0 aromatic carbocycles. The van der Waals surface area contributed by atoms with Gasteiger partial charge in [0.2, 0.25) is 0 Å². The summed E-state index contributed by atoms with van der Waals surface area (Å²) in [7, 11) is -4.17. The summed E-state index contributed by atoms with van der Waals surface area (Å²) >= 11 is 0. The zero-order valence-electron chi connectivity index (χ0n) is 15.4. The predicted molar refractivity (Wildman–Crippen MR) is 93.8 cm³/mol. The van der Waals surface area contributed by atoms with E-state index in [9.17, 15) is 13.0 Å². The monoisotopic (exact) mass is 354 g/mol. The van der Waals surface area contributed by atoms with E-state index < -0.39 is 10.1 Å². The van der Waals surface area contributed by atoms with Crippen LogP contribution in [0, 0.1) is 0 Å². The van der Waals surface area contributed by atoms with E-state index in [1.54, 1.807) is 0 Å². The molecule has 0 saturated heterocycles. The molecule has 3 nitrogen and oxygen atoms in total. The maximum atomic E-state index is 10.3. The van der Waals surface area contributed by atoms with Gasteiger partial charge in [-0.2, -0.15) is 0 Å². The summed E-state index contributed by atoms with van der Waals surface area (Å²) in [6.07, 6.45) is 20.5. The van der Waals surface area contributed by atoms with Crippen molar-refractivity contribution in [2.75, 3.05) is 0 Å². The van der Waals surface area contributed by atoms with E-state index in [4.69, 9.17) is 0 Å². The van der Waals surface area contributed by atoms with E-state index in [0.717, 1.165) is 18.2 Å². The molecule has 0 N–H and O–H groups in total. The number of rotatable bonds is 16.